The SMILES string of the molecule is COc1ccccc1CC(=O)NCCn1nc(-n2cccn2)ccc1=O. The Balaban J connectivity index is 1.58. The van der Waals surface area contributed by atoms with E-state index < -0.39 is 0 Å². The van der Waals surface area contributed by atoms with Crippen LogP contribution >= 0.6 is 0 Å². The predicted molar refractivity (Wildman–Crippen MR) is 95.3 cm³/mol. The van der Waals surface area contributed by atoms with Crippen LogP contribution in [-0.4, -0.2) is 39.1 Å². The van der Waals surface area contributed by atoms with Crippen LogP contribution in [0.3, 0.4) is 0 Å². The van der Waals surface area contributed by atoms with Gasteiger partial charge >= 0.3 is 0 Å². The highest BCUT2D eigenvalue weighted by molar-refractivity contribution is 5.79. The van der Waals surface area contributed by atoms with E-state index in [9.17, 15) is 9.59 Å². The van der Waals surface area contributed by atoms with Gasteiger partial charge in [-0.3, -0.25) is 9.59 Å². The highest BCUT2D eigenvalue weighted by Crippen LogP contribution is 2.17. The monoisotopic (exact) mass is 353 g/mol. The zero-order valence-corrected chi connectivity index (χ0v) is 14.3. The number of aromatic nitrogens is 4. The van der Waals surface area contributed by atoms with E-state index in [1.165, 1.54) is 10.7 Å². The molecule has 0 saturated heterocycles. The van der Waals surface area contributed by atoms with E-state index in [1.54, 1.807) is 36.3 Å². The van der Waals surface area contributed by atoms with Gasteiger partial charge in [0.2, 0.25) is 5.91 Å². The van der Waals surface area contributed by atoms with Crippen LogP contribution in [-0.2, 0) is 17.8 Å². The van der Waals surface area contributed by atoms with Crippen molar-refractivity contribution in [1.29, 1.82) is 0 Å². The molecule has 0 fully saturated rings. The molecule has 8 heteroatoms. The number of nitrogens with one attached hydrogen (secondary N) is 1. The van der Waals surface area contributed by atoms with Crippen LogP contribution in [0.25, 0.3) is 5.82 Å². The van der Waals surface area contributed by atoms with Gasteiger partial charge in [0, 0.05) is 30.6 Å². The molecule has 0 radical (unpaired) electrons. The fourth-order valence-electron chi connectivity index (χ4n) is 2.51. The first kappa shape index (κ1) is 17.4. The van der Waals surface area contributed by atoms with E-state index in [4.69, 9.17) is 4.74 Å². The van der Waals surface area contributed by atoms with Crippen LogP contribution < -0.4 is 15.6 Å². The maximum atomic E-state index is 12.1. The molecular formula is C18H19N5O3. The summed E-state index contributed by atoms with van der Waals surface area (Å²) in [5.74, 6) is 1.06. The average molecular weight is 353 g/mol. The number of ether oxygens (including phenoxy) is 1. The third kappa shape index (κ3) is 4.15. The Morgan fingerprint density at radius 2 is 2.04 bits per heavy atom. The highest BCUT2D eigenvalue weighted by atomic mass is 16.5. The molecule has 0 aliphatic carbocycles. The summed E-state index contributed by atoms with van der Waals surface area (Å²) in [6.45, 7) is 0.565. The van der Waals surface area contributed by atoms with Gasteiger partial charge in [0.1, 0.15) is 5.75 Å². The summed E-state index contributed by atoms with van der Waals surface area (Å²) in [5, 5.41) is 11.1. The number of hydrogen-bond donors (Lipinski definition) is 1. The second-order valence-corrected chi connectivity index (χ2v) is 5.54. The lowest BCUT2D eigenvalue weighted by molar-refractivity contribution is -0.120. The van der Waals surface area contributed by atoms with Crippen molar-refractivity contribution in [3.05, 3.63) is 70.8 Å². The number of amides is 1. The van der Waals surface area contributed by atoms with Crippen LogP contribution in [0.2, 0.25) is 0 Å². The summed E-state index contributed by atoms with van der Waals surface area (Å²) in [7, 11) is 1.57. The van der Waals surface area contributed by atoms with Crippen molar-refractivity contribution in [2.75, 3.05) is 13.7 Å². The average Bonchev–Trinajstić information content (AvgIpc) is 3.18. The number of methoxy groups -OCH3 is 1. The van der Waals surface area contributed by atoms with E-state index in [0.29, 0.717) is 18.1 Å². The molecule has 134 valence electrons. The number of benzene rings is 1. The highest BCUT2D eigenvalue weighted by Gasteiger charge is 2.08. The number of para-hydroxylation sites is 1. The number of carbonyl (C=O) groups excluding carboxylic acids is 1. The molecule has 0 unspecified atom stereocenters. The van der Waals surface area contributed by atoms with Crippen LogP contribution in [0, 0.1) is 0 Å². The summed E-state index contributed by atoms with van der Waals surface area (Å²) in [4.78, 5) is 24.1. The van der Waals surface area contributed by atoms with Gasteiger partial charge in [0.15, 0.2) is 5.82 Å². The predicted octanol–water partition coefficient (Wildman–Crippen LogP) is 0.796. The van der Waals surface area contributed by atoms with Gasteiger partial charge in [-0.25, -0.2) is 9.36 Å². The molecule has 2 aromatic heterocycles. The maximum Gasteiger partial charge on any atom is 0.266 e. The number of rotatable bonds is 7. The minimum atomic E-state index is -0.236. The molecule has 2 heterocycles. The topological polar surface area (TPSA) is 91.0 Å². The van der Waals surface area contributed by atoms with Gasteiger partial charge in [-0.15, -0.1) is 5.10 Å². The minimum Gasteiger partial charge on any atom is -0.496 e. The Morgan fingerprint density at radius 1 is 1.19 bits per heavy atom. The number of nitrogens with zero attached hydrogens (tertiary/aromatic N) is 4. The quantitative estimate of drug-likeness (QED) is 0.678. The zero-order valence-electron chi connectivity index (χ0n) is 14.3. The first-order valence-corrected chi connectivity index (χ1v) is 8.14. The molecule has 26 heavy (non-hydrogen) atoms. The van der Waals surface area contributed by atoms with Crippen LogP contribution in [0.1, 0.15) is 5.56 Å². The molecule has 1 N–H and O–H groups in total. The standard InChI is InChI=1S/C18H19N5O3/c1-26-15-6-3-2-5-14(15)13-17(24)19-10-12-23-18(25)8-7-16(21-23)22-11-4-9-20-22/h2-9,11H,10,12-13H2,1H3,(H,19,24). The van der Waals surface area contributed by atoms with Crippen molar-refractivity contribution in [3.63, 3.8) is 0 Å². The lowest BCUT2D eigenvalue weighted by Gasteiger charge is -2.10. The Morgan fingerprint density at radius 3 is 2.81 bits per heavy atom. The summed E-state index contributed by atoms with van der Waals surface area (Å²) in [6, 6.07) is 12.2. The third-order valence-electron chi connectivity index (χ3n) is 3.78. The molecular weight excluding hydrogens is 334 g/mol. The molecule has 1 amide bonds. The maximum absolute atomic E-state index is 12.1. The molecule has 0 atom stereocenters. The second-order valence-electron chi connectivity index (χ2n) is 5.54. The molecule has 0 saturated carbocycles. The first-order valence-electron chi connectivity index (χ1n) is 8.14. The normalized spacial score (nSPS) is 10.5. The second kappa shape index (κ2) is 8.11. The van der Waals surface area contributed by atoms with Crippen molar-refractivity contribution in [2.45, 2.75) is 13.0 Å². The number of hydrogen-bond acceptors (Lipinski definition) is 5. The molecule has 0 aliphatic heterocycles. The van der Waals surface area contributed by atoms with Gasteiger partial charge < -0.3 is 10.1 Å². The Labute approximate surface area is 150 Å². The molecule has 8 nitrogen and oxygen atoms in total. The van der Waals surface area contributed by atoms with E-state index in [-0.39, 0.29) is 24.4 Å². The molecule has 0 bridgehead atoms. The van der Waals surface area contributed by atoms with Crippen LogP contribution in [0.15, 0.2) is 59.7 Å². The zero-order chi connectivity index (χ0) is 18.4. The molecule has 1 aromatic carbocycles. The summed E-state index contributed by atoms with van der Waals surface area (Å²) < 4.78 is 8.11. The van der Waals surface area contributed by atoms with Gasteiger partial charge in [-0.1, -0.05) is 18.2 Å². The van der Waals surface area contributed by atoms with E-state index in [2.05, 4.69) is 15.5 Å². The smallest absolute Gasteiger partial charge is 0.266 e. The lowest BCUT2D eigenvalue weighted by Crippen LogP contribution is -2.33. The largest absolute Gasteiger partial charge is 0.496 e. The van der Waals surface area contributed by atoms with E-state index >= 15 is 0 Å². The van der Waals surface area contributed by atoms with Gasteiger partial charge in [-0.2, -0.15) is 5.10 Å². The fourth-order valence-corrected chi connectivity index (χ4v) is 2.51. The van der Waals surface area contributed by atoms with Gasteiger partial charge in [0.05, 0.1) is 20.1 Å². The molecule has 0 spiro atoms. The van der Waals surface area contributed by atoms with Crippen molar-refractivity contribution in [3.8, 4) is 11.6 Å². The number of carbonyl (C=O) groups is 1. The molecule has 0 aliphatic rings. The van der Waals surface area contributed by atoms with Gasteiger partial charge in [-0.05, 0) is 18.2 Å². The van der Waals surface area contributed by atoms with E-state index in [0.717, 1.165) is 5.56 Å². The Hall–Kier alpha value is -3.42. The van der Waals surface area contributed by atoms with Crippen LogP contribution in [0.4, 0.5) is 0 Å². The summed E-state index contributed by atoms with van der Waals surface area (Å²) >= 11 is 0. The third-order valence-corrected chi connectivity index (χ3v) is 3.78. The van der Waals surface area contributed by atoms with E-state index in [1.807, 2.05) is 24.3 Å². The lowest BCUT2D eigenvalue weighted by atomic mass is 10.1. The van der Waals surface area contributed by atoms with Crippen molar-refractivity contribution in [2.24, 2.45) is 0 Å². The molecule has 3 aromatic rings. The van der Waals surface area contributed by atoms with Crippen molar-refractivity contribution >= 4 is 5.91 Å². The van der Waals surface area contributed by atoms with Crippen molar-refractivity contribution < 1.29 is 9.53 Å². The Bertz CT molecular complexity index is 934. The van der Waals surface area contributed by atoms with Crippen LogP contribution in [0.5, 0.6) is 5.75 Å². The van der Waals surface area contributed by atoms with Gasteiger partial charge in [0.25, 0.3) is 5.56 Å². The Kier molecular flexibility index (Phi) is 5.43. The minimum absolute atomic E-state index is 0.147. The summed E-state index contributed by atoms with van der Waals surface area (Å²) in [5.41, 5.74) is 0.573. The summed E-state index contributed by atoms with van der Waals surface area (Å²) in [6.07, 6.45) is 3.58. The molecule has 3 rings (SSSR count). The first-order chi connectivity index (χ1) is 12.7. The fraction of sp³-hybridized carbons (Fsp3) is 0.222. The van der Waals surface area contributed by atoms with Crippen molar-refractivity contribution in [1.82, 2.24) is 24.9 Å².